The standard InChI is InChI=1S/C29H26N2O5/c32-28(31-24(20-35-29(31)33)16-21-8-3-1-4-9-21)18-26(27-14-15-36-30-27)23-12-7-13-25(17-23)34-19-22-10-5-2-6-11-22/h1-15,17,24,26H,16,18-20H2. The summed E-state index contributed by atoms with van der Waals surface area (Å²) in [5, 5.41) is 4.10. The van der Waals surface area contributed by atoms with Gasteiger partial charge in [-0.15, -0.1) is 0 Å². The third-order valence-corrected chi connectivity index (χ3v) is 6.25. The lowest BCUT2D eigenvalue weighted by atomic mass is 9.91. The van der Waals surface area contributed by atoms with Gasteiger partial charge in [0.1, 0.15) is 25.2 Å². The van der Waals surface area contributed by atoms with Gasteiger partial charge in [0, 0.05) is 18.4 Å². The maximum atomic E-state index is 13.5. The van der Waals surface area contributed by atoms with Crippen LogP contribution < -0.4 is 4.74 Å². The number of carbonyl (C=O) groups is 2. The van der Waals surface area contributed by atoms with Crippen molar-refractivity contribution < 1.29 is 23.6 Å². The Labute approximate surface area is 209 Å². The van der Waals surface area contributed by atoms with E-state index in [1.807, 2.05) is 84.9 Å². The van der Waals surface area contributed by atoms with Crippen LogP contribution in [0.4, 0.5) is 4.79 Å². The van der Waals surface area contributed by atoms with Gasteiger partial charge in [-0.05, 0) is 35.2 Å². The highest BCUT2D eigenvalue weighted by molar-refractivity contribution is 5.94. The molecule has 1 aliphatic heterocycles. The minimum absolute atomic E-state index is 0.0368. The van der Waals surface area contributed by atoms with E-state index in [2.05, 4.69) is 5.16 Å². The number of amides is 2. The number of hydrogen-bond donors (Lipinski definition) is 0. The zero-order chi connectivity index (χ0) is 24.7. The monoisotopic (exact) mass is 482 g/mol. The molecule has 0 radical (unpaired) electrons. The maximum absolute atomic E-state index is 13.5. The molecular formula is C29H26N2O5. The Morgan fingerprint density at radius 1 is 0.972 bits per heavy atom. The summed E-state index contributed by atoms with van der Waals surface area (Å²) < 4.78 is 16.3. The molecule has 1 aliphatic rings. The molecule has 3 aromatic carbocycles. The second-order valence-corrected chi connectivity index (χ2v) is 8.71. The fraction of sp³-hybridized carbons (Fsp3) is 0.207. The van der Waals surface area contributed by atoms with Gasteiger partial charge in [-0.1, -0.05) is 78.0 Å². The molecular weight excluding hydrogens is 456 g/mol. The number of aromatic nitrogens is 1. The Kier molecular flexibility index (Phi) is 7.07. The number of rotatable bonds is 9. The first-order chi connectivity index (χ1) is 17.7. The highest BCUT2D eigenvalue weighted by Crippen LogP contribution is 2.31. The Hall–Kier alpha value is -4.39. The van der Waals surface area contributed by atoms with E-state index in [0.29, 0.717) is 24.5 Å². The maximum Gasteiger partial charge on any atom is 0.416 e. The molecule has 182 valence electrons. The summed E-state index contributed by atoms with van der Waals surface area (Å²) in [6.07, 6.45) is 1.44. The number of imide groups is 1. The quantitative estimate of drug-likeness (QED) is 0.319. The molecule has 7 heteroatoms. The van der Waals surface area contributed by atoms with Crippen molar-refractivity contribution in [2.45, 2.75) is 31.4 Å². The van der Waals surface area contributed by atoms with Gasteiger partial charge in [-0.2, -0.15) is 0 Å². The van der Waals surface area contributed by atoms with Crippen molar-refractivity contribution in [2.24, 2.45) is 0 Å². The van der Waals surface area contributed by atoms with E-state index in [4.69, 9.17) is 14.0 Å². The van der Waals surface area contributed by atoms with E-state index >= 15 is 0 Å². The van der Waals surface area contributed by atoms with Crippen LogP contribution in [0.15, 0.2) is 102 Å². The summed E-state index contributed by atoms with van der Waals surface area (Å²) in [5.74, 6) is -0.0517. The van der Waals surface area contributed by atoms with Crippen molar-refractivity contribution in [1.82, 2.24) is 10.1 Å². The van der Waals surface area contributed by atoms with Gasteiger partial charge in [0.2, 0.25) is 5.91 Å². The molecule has 1 saturated heterocycles. The van der Waals surface area contributed by atoms with E-state index in [0.717, 1.165) is 16.7 Å². The Balaban J connectivity index is 1.34. The lowest BCUT2D eigenvalue weighted by molar-refractivity contribution is -0.129. The molecule has 0 bridgehead atoms. The molecule has 36 heavy (non-hydrogen) atoms. The average Bonchev–Trinajstić information content (AvgIpc) is 3.57. The molecule has 0 aliphatic carbocycles. The SMILES string of the molecule is O=C(CC(c1cccc(OCc2ccccc2)c1)c1ccon1)N1C(=O)OCC1Cc1ccccc1. The van der Waals surface area contributed by atoms with Crippen molar-refractivity contribution in [3.05, 3.63) is 120 Å². The van der Waals surface area contributed by atoms with Crippen LogP contribution >= 0.6 is 0 Å². The van der Waals surface area contributed by atoms with Gasteiger partial charge in [0.25, 0.3) is 0 Å². The third kappa shape index (κ3) is 5.46. The fourth-order valence-electron chi connectivity index (χ4n) is 4.43. The molecule has 4 aromatic rings. The van der Waals surface area contributed by atoms with Crippen LogP contribution in [0.25, 0.3) is 0 Å². The van der Waals surface area contributed by atoms with Gasteiger partial charge in [-0.25, -0.2) is 9.69 Å². The lowest BCUT2D eigenvalue weighted by Crippen LogP contribution is -2.40. The molecule has 2 heterocycles. The van der Waals surface area contributed by atoms with Gasteiger partial charge in [0.05, 0.1) is 11.7 Å². The molecule has 2 unspecified atom stereocenters. The van der Waals surface area contributed by atoms with Crippen LogP contribution in [0.2, 0.25) is 0 Å². The van der Waals surface area contributed by atoms with E-state index in [-0.39, 0.29) is 25.0 Å². The molecule has 7 nitrogen and oxygen atoms in total. The minimum atomic E-state index is -0.611. The largest absolute Gasteiger partial charge is 0.489 e. The first-order valence-corrected chi connectivity index (χ1v) is 11.9. The number of hydrogen-bond acceptors (Lipinski definition) is 6. The van der Waals surface area contributed by atoms with E-state index < -0.39 is 12.0 Å². The number of ether oxygens (including phenoxy) is 2. The summed E-state index contributed by atoms with van der Waals surface area (Å²) in [4.78, 5) is 27.2. The number of carbonyl (C=O) groups excluding carboxylic acids is 2. The van der Waals surface area contributed by atoms with E-state index in [1.54, 1.807) is 6.07 Å². The summed E-state index contributed by atoms with van der Waals surface area (Å²) in [5.41, 5.74) is 3.55. The Morgan fingerprint density at radius 2 is 1.72 bits per heavy atom. The topological polar surface area (TPSA) is 81.9 Å². The Morgan fingerprint density at radius 3 is 2.44 bits per heavy atom. The summed E-state index contributed by atoms with van der Waals surface area (Å²) >= 11 is 0. The van der Waals surface area contributed by atoms with Gasteiger partial charge in [-0.3, -0.25) is 4.79 Å². The van der Waals surface area contributed by atoms with Crippen molar-refractivity contribution in [3.8, 4) is 5.75 Å². The number of benzene rings is 3. The predicted molar refractivity (Wildman–Crippen MR) is 132 cm³/mol. The highest BCUT2D eigenvalue weighted by atomic mass is 16.6. The number of cyclic esters (lactones) is 1. The normalized spacial score (nSPS) is 15.9. The summed E-state index contributed by atoms with van der Waals surface area (Å²) in [6, 6.07) is 28.6. The summed E-state index contributed by atoms with van der Waals surface area (Å²) in [6.45, 7) is 0.607. The first-order valence-electron chi connectivity index (χ1n) is 11.9. The van der Waals surface area contributed by atoms with Crippen LogP contribution in [0.1, 0.15) is 34.7 Å². The minimum Gasteiger partial charge on any atom is -0.489 e. The van der Waals surface area contributed by atoms with Gasteiger partial charge >= 0.3 is 6.09 Å². The molecule has 5 rings (SSSR count). The second kappa shape index (κ2) is 10.9. The zero-order valence-electron chi connectivity index (χ0n) is 19.7. The van der Waals surface area contributed by atoms with Crippen molar-refractivity contribution in [2.75, 3.05) is 6.61 Å². The Bertz CT molecular complexity index is 1290. The van der Waals surface area contributed by atoms with Crippen LogP contribution in [0.3, 0.4) is 0 Å². The molecule has 1 fully saturated rings. The van der Waals surface area contributed by atoms with Gasteiger partial charge < -0.3 is 14.0 Å². The molecule has 0 saturated carbocycles. The zero-order valence-corrected chi connectivity index (χ0v) is 19.7. The second-order valence-electron chi connectivity index (χ2n) is 8.71. The first kappa shape index (κ1) is 23.4. The van der Waals surface area contributed by atoms with Crippen molar-refractivity contribution in [3.63, 3.8) is 0 Å². The third-order valence-electron chi connectivity index (χ3n) is 6.25. The molecule has 2 amide bonds. The predicted octanol–water partition coefficient (Wildman–Crippen LogP) is 5.37. The van der Waals surface area contributed by atoms with Gasteiger partial charge in [0.15, 0.2) is 0 Å². The van der Waals surface area contributed by atoms with E-state index in [9.17, 15) is 9.59 Å². The average molecular weight is 483 g/mol. The molecule has 0 spiro atoms. The van der Waals surface area contributed by atoms with Crippen LogP contribution in [0.5, 0.6) is 5.75 Å². The lowest BCUT2D eigenvalue weighted by Gasteiger charge is -2.22. The highest BCUT2D eigenvalue weighted by Gasteiger charge is 2.39. The van der Waals surface area contributed by atoms with Crippen molar-refractivity contribution in [1.29, 1.82) is 0 Å². The molecule has 2 atom stereocenters. The summed E-state index contributed by atoms with van der Waals surface area (Å²) in [7, 11) is 0. The van der Waals surface area contributed by atoms with Crippen LogP contribution in [0, 0.1) is 0 Å². The number of nitrogens with zero attached hydrogens (tertiary/aromatic N) is 2. The van der Waals surface area contributed by atoms with Crippen molar-refractivity contribution >= 4 is 12.0 Å². The smallest absolute Gasteiger partial charge is 0.416 e. The molecule has 0 N–H and O–H groups in total. The molecule has 1 aromatic heterocycles. The fourth-order valence-corrected chi connectivity index (χ4v) is 4.43. The van der Waals surface area contributed by atoms with Crippen LogP contribution in [-0.2, 0) is 22.6 Å². The van der Waals surface area contributed by atoms with Crippen LogP contribution in [-0.4, -0.2) is 34.7 Å². The van der Waals surface area contributed by atoms with E-state index in [1.165, 1.54) is 11.2 Å².